The van der Waals surface area contributed by atoms with Gasteiger partial charge >= 0.3 is 0 Å². The molecule has 0 fully saturated rings. The lowest BCUT2D eigenvalue weighted by Gasteiger charge is -2.17. The van der Waals surface area contributed by atoms with Gasteiger partial charge < -0.3 is 10.6 Å². The molecule has 0 amide bonds. The zero-order chi connectivity index (χ0) is 19.6. The third-order valence-corrected chi connectivity index (χ3v) is 6.16. The number of rotatable bonds is 10. The predicted octanol–water partition coefficient (Wildman–Crippen LogP) is 2.33. The highest BCUT2D eigenvalue weighted by Crippen LogP contribution is 2.15. The quantitative estimate of drug-likeness (QED) is 0.370. The minimum atomic E-state index is -3.10. The van der Waals surface area contributed by atoms with Crippen molar-refractivity contribution in [3.8, 4) is 0 Å². The Bertz CT molecular complexity index is 657. The van der Waals surface area contributed by atoms with Crippen LogP contribution in [0.5, 0.6) is 0 Å². The molecule has 0 aliphatic rings. The standard InChI is InChI=1S/C19H34N4O2S/c1-6-20-19(21-13-8-14-23(5)26(24,25)7-2)22-15-17(4)18-11-9-16(3)10-12-18/h9-12,17H,6-8,13-15H2,1-5H3,(H2,20,21,22). The number of benzene rings is 1. The molecule has 1 rings (SSSR count). The largest absolute Gasteiger partial charge is 0.357 e. The Morgan fingerprint density at radius 1 is 1.19 bits per heavy atom. The second-order valence-corrected chi connectivity index (χ2v) is 8.90. The lowest BCUT2D eigenvalue weighted by Crippen LogP contribution is -2.39. The van der Waals surface area contributed by atoms with Crippen molar-refractivity contribution < 1.29 is 8.42 Å². The molecule has 1 atom stereocenters. The number of sulfonamides is 1. The zero-order valence-electron chi connectivity index (χ0n) is 16.7. The van der Waals surface area contributed by atoms with Crippen LogP contribution in [-0.4, -0.2) is 57.7 Å². The summed E-state index contributed by atoms with van der Waals surface area (Å²) in [5.41, 5.74) is 2.54. The molecular weight excluding hydrogens is 348 g/mol. The van der Waals surface area contributed by atoms with Crippen LogP contribution in [-0.2, 0) is 10.0 Å². The fraction of sp³-hybridized carbons (Fsp3) is 0.632. The van der Waals surface area contributed by atoms with E-state index in [0.29, 0.717) is 25.6 Å². The van der Waals surface area contributed by atoms with Gasteiger partial charge in [0.2, 0.25) is 10.0 Å². The molecule has 1 unspecified atom stereocenters. The lowest BCUT2D eigenvalue weighted by molar-refractivity contribution is 0.461. The van der Waals surface area contributed by atoms with Gasteiger partial charge in [0.15, 0.2) is 5.96 Å². The first-order valence-electron chi connectivity index (χ1n) is 9.32. The van der Waals surface area contributed by atoms with E-state index in [1.807, 2.05) is 6.92 Å². The Labute approximate surface area is 159 Å². The monoisotopic (exact) mass is 382 g/mol. The van der Waals surface area contributed by atoms with E-state index in [2.05, 4.69) is 53.7 Å². The van der Waals surface area contributed by atoms with Crippen LogP contribution in [0.1, 0.15) is 44.2 Å². The van der Waals surface area contributed by atoms with E-state index in [-0.39, 0.29) is 5.75 Å². The highest BCUT2D eigenvalue weighted by molar-refractivity contribution is 7.89. The highest BCUT2D eigenvalue weighted by Gasteiger charge is 2.14. The van der Waals surface area contributed by atoms with E-state index >= 15 is 0 Å². The van der Waals surface area contributed by atoms with Gasteiger partial charge in [0, 0.05) is 39.1 Å². The molecule has 148 valence electrons. The van der Waals surface area contributed by atoms with Crippen LogP contribution in [0.4, 0.5) is 0 Å². The number of nitrogens with zero attached hydrogens (tertiary/aromatic N) is 2. The summed E-state index contributed by atoms with van der Waals surface area (Å²) in [6, 6.07) is 8.56. The topological polar surface area (TPSA) is 73.8 Å². The molecule has 2 N–H and O–H groups in total. The molecule has 7 heteroatoms. The Morgan fingerprint density at radius 2 is 1.85 bits per heavy atom. The maximum atomic E-state index is 11.7. The summed E-state index contributed by atoms with van der Waals surface area (Å²) >= 11 is 0. The molecule has 0 spiro atoms. The fourth-order valence-electron chi connectivity index (χ4n) is 2.44. The van der Waals surface area contributed by atoms with Gasteiger partial charge in [-0.2, -0.15) is 0 Å². The number of aliphatic imine (C=N–C) groups is 1. The first kappa shape index (κ1) is 22.4. The molecular formula is C19H34N4O2S. The second kappa shape index (κ2) is 11.2. The molecule has 0 saturated carbocycles. The van der Waals surface area contributed by atoms with Gasteiger partial charge in [-0.1, -0.05) is 36.8 Å². The predicted molar refractivity (Wildman–Crippen MR) is 110 cm³/mol. The van der Waals surface area contributed by atoms with Crippen molar-refractivity contribution >= 4 is 16.0 Å². The van der Waals surface area contributed by atoms with Crippen LogP contribution in [0.2, 0.25) is 0 Å². The zero-order valence-corrected chi connectivity index (χ0v) is 17.6. The van der Waals surface area contributed by atoms with Crippen LogP contribution in [0, 0.1) is 6.92 Å². The summed E-state index contributed by atoms with van der Waals surface area (Å²) in [5, 5.41) is 6.51. The average Bonchev–Trinajstić information content (AvgIpc) is 2.63. The van der Waals surface area contributed by atoms with Crippen molar-refractivity contribution in [1.29, 1.82) is 0 Å². The smallest absolute Gasteiger partial charge is 0.213 e. The average molecular weight is 383 g/mol. The van der Waals surface area contributed by atoms with E-state index < -0.39 is 10.0 Å². The summed E-state index contributed by atoms with van der Waals surface area (Å²) in [6.45, 7) is 10.6. The van der Waals surface area contributed by atoms with Gasteiger partial charge in [-0.3, -0.25) is 4.99 Å². The Morgan fingerprint density at radius 3 is 2.42 bits per heavy atom. The van der Waals surface area contributed by atoms with Crippen LogP contribution in [0.15, 0.2) is 29.3 Å². The first-order valence-corrected chi connectivity index (χ1v) is 10.9. The Kier molecular flexibility index (Phi) is 9.65. The van der Waals surface area contributed by atoms with Gasteiger partial charge in [-0.05, 0) is 32.8 Å². The molecule has 0 radical (unpaired) electrons. The molecule has 0 aliphatic heterocycles. The third-order valence-electron chi connectivity index (χ3n) is 4.30. The van der Waals surface area contributed by atoms with E-state index in [1.54, 1.807) is 14.0 Å². The number of aryl methyl sites for hydroxylation is 1. The Hall–Kier alpha value is -1.60. The minimum Gasteiger partial charge on any atom is -0.357 e. The molecule has 0 aliphatic carbocycles. The minimum absolute atomic E-state index is 0.137. The van der Waals surface area contributed by atoms with Crippen molar-refractivity contribution in [1.82, 2.24) is 14.9 Å². The summed E-state index contributed by atoms with van der Waals surface area (Å²) in [6.07, 6.45) is 0.730. The third kappa shape index (κ3) is 7.74. The van der Waals surface area contributed by atoms with Crippen molar-refractivity contribution in [3.05, 3.63) is 35.4 Å². The van der Waals surface area contributed by atoms with E-state index in [1.165, 1.54) is 15.4 Å². The van der Waals surface area contributed by atoms with Gasteiger partial charge in [0.1, 0.15) is 0 Å². The molecule has 0 heterocycles. The number of hydrogen-bond donors (Lipinski definition) is 2. The van der Waals surface area contributed by atoms with Crippen molar-refractivity contribution in [2.45, 2.75) is 40.0 Å². The van der Waals surface area contributed by atoms with Crippen LogP contribution in [0.25, 0.3) is 0 Å². The Balaban J connectivity index is 2.49. The van der Waals surface area contributed by atoms with Gasteiger partial charge in [-0.25, -0.2) is 12.7 Å². The maximum absolute atomic E-state index is 11.7. The van der Waals surface area contributed by atoms with Crippen LogP contribution >= 0.6 is 0 Å². The number of nitrogens with one attached hydrogen (secondary N) is 2. The first-order chi connectivity index (χ1) is 12.3. The van der Waals surface area contributed by atoms with E-state index in [4.69, 9.17) is 0 Å². The van der Waals surface area contributed by atoms with Crippen LogP contribution in [0.3, 0.4) is 0 Å². The van der Waals surface area contributed by atoms with Gasteiger partial charge in [-0.15, -0.1) is 0 Å². The van der Waals surface area contributed by atoms with Crippen molar-refractivity contribution in [3.63, 3.8) is 0 Å². The number of guanidine groups is 1. The summed E-state index contributed by atoms with van der Waals surface area (Å²) in [4.78, 5) is 4.66. The second-order valence-electron chi connectivity index (χ2n) is 6.53. The van der Waals surface area contributed by atoms with E-state index in [9.17, 15) is 8.42 Å². The molecule has 6 nitrogen and oxygen atoms in total. The molecule has 26 heavy (non-hydrogen) atoms. The summed E-state index contributed by atoms with van der Waals surface area (Å²) in [5.74, 6) is 1.25. The normalized spacial score (nSPS) is 13.7. The molecule has 1 aromatic rings. The SMILES string of the molecule is CCNC(=NCC(C)c1ccc(C)cc1)NCCCN(C)S(=O)(=O)CC. The van der Waals surface area contributed by atoms with Crippen LogP contribution < -0.4 is 10.6 Å². The summed E-state index contributed by atoms with van der Waals surface area (Å²) < 4.78 is 24.9. The molecule has 1 aromatic carbocycles. The fourth-order valence-corrected chi connectivity index (χ4v) is 3.29. The molecule has 0 saturated heterocycles. The van der Waals surface area contributed by atoms with E-state index in [0.717, 1.165) is 18.9 Å². The molecule has 0 bridgehead atoms. The highest BCUT2D eigenvalue weighted by atomic mass is 32.2. The lowest BCUT2D eigenvalue weighted by atomic mass is 10.0. The van der Waals surface area contributed by atoms with Crippen molar-refractivity contribution in [2.75, 3.05) is 39.0 Å². The number of hydrogen-bond acceptors (Lipinski definition) is 3. The van der Waals surface area contributed by atoms with Crippen molar-refractivity contribution in [2.24, 2.45) is 4.99 Å². The molecule has 0 aromatic heterocycles. The van der Waals surface area contributed by atoms with Gasteiger partial charge in [0.05, 0.1) is 5.75 Å². The maximum Gasteiger partial charge on any atom is 0.213 e. The summed E-state index contributed by atoms with van der Waals surface area (Å²) in [7, 11) is -1.48. The van der Waals surface area contributed by atoms with Gasteiger partial charge in [0.25, 0.3) is 0 Å².